The highest BCUT2D eigenvalue weighted by Crippen LogP contribution is 2.31. The van der Waals surface area contributed by atoms with Gasteiger partial charge in [-0.3, -0.25) is 34.3 Å². The van der Waals surface area contributed by atoms with Crippen LogP contribution < -0.4 is 15.5 Å². The first-order valence-corrected chi connectivity index (χ1v) is 12.8. The molecule has 11 heteroatoms. The zero-order valence-corrected chi connectivity index (χ0v) is 21.7. The van der Waals surface area contributed by atoms with Crippen molar-refractivity contribution in [2.24, 2.45) is 0 Å². The van der Waals surface area contributed by atoms with E-state index in [4.69, 9.17) is 4.74 Å². The molecule has 1 atom stereocenters. The van der Waals surface area contributed by atoms with E-state index in [2.05, 4.69) is 20.4 Å². The predicted octanol–water partition coefficient (Wildman–Crippen LogP) is 1.51. The van der Waals surface area contributed by atoms with Gasteiger partial charge in [0.1, 0.15) is 11.6 Å². The normalized spacial score (nSPS) is 20.7. The van der Waals surface area contributed by atoms with Crippen molar-refractivity contribution in [2.75, 3.05) is 44.2 Å². The lowest BCUT2D eigenvalue weighted by Crippen LogP contribution is -2.54. The average Bonchev–Trinajstić information content (AvgIpc) is 3.08. The summed E-state index contributed by atoms with van der Waals surface area (Å²) in [5.74, 6) is -1.98. The number of carbonyl (C=O) groups is 5. The molecule has 2 N–H and O–H groups in total. The largest absolute Gasteiger partial charge is 0.444 e. The summed E-state index contributed by atoms with van der Waals surface area (Å²) in [5, 5.41) is 5.00. The molecule has 1 aromatic rings. The number of rotatable bonds is 7. The summed E-state index contributed by atoms with van der Waals surface area (Å²) in [7, 11) is 0. The first kappa shape index (κ1) is 26.6. The molecule has 11 nitrogen and oxygen atoms in total. The molecule has 0 spiro atoms. The molecule has 0 aliphatic carbocycles. The molecule has 2 saturated heterocycles. The van der Waals surface area contributed by atoms with Gasteiger partial charge in [-0.1, -0.05) is 0 Å². The number of ether oxygens (including phenoxy) is 1. The Balaban J connectivity index is 1.25. The molecule has 5 amide bonds. The van der Waals surface area contributed by atoms with Crippen LogP contribution in [-0.4, -0.2) is 90.4 Å². The van der Waals surface area contributed by atoms with Crippen LogP contribution in [-0.2, 0) is 14.3 Å². The van der Waals surface area contributed by atoms with Crippen LogP contribution in [0.15, 0.2) is 18.2 Å². The number of benzene rings is 1. The van der Waals surface area contributed by atoms with E-state index in [0.717, 1.165) is 56.2 Å². The minimum absolute atomic E-state index is 0.0968. The molecule has 4 rings (SSSR count). The van der Waals surface area contributed by atoms with E-state index in [-0.39, 0.29) is 18.4 Å². The Hall–Kier alpha value is -3.47. The molecule has 0 aromatic heterocycles. The highest BCUT2D eigenvalue weighted by molar-refractivity contribution is 6.23. The van der Waals surface area contributed by atoms with E-state index < -0.39 is 41.4 Å². The Kier molecular flexibility index (Phi) is 7.82. The van der Waals surface area contributed by atoms with Crippen molar-refractivity contribution < 1.29 is 28.7 Å². The van der Waals surface area contributed by atoms with Gasteiger partial charge in [-0.2, -0.15) is 0 Å². The molecule has 0 radical (unpaired) electrons. The van der Waals surface area contributed by atoms with Crippen molar-refractivity contribution >= 4 is 35.4 Å². The van der Waals surface area contributed by atoms with E-state index in [1.165, 1.54) is 0 Å². The van der Waals surface area contributed by atoms with Gasteiger partial charge in [0.05, 0.1) is 11.1 Å². The van der Waals surface area contributed by atoms with Crippen molar-refractivity contribution in [3.05, 3.63) is 29.3 Å². The van der Waals surface area contributed by atoms with Crippen molar-refractivity contribution in [3.8, 4) is 0 Å². The third kappa shape index (κ3) is 6.27. The van der Waals surface area contributed by atoms with Crippen molar-refractivity contribution in [3.63, 3.8) is 0 Å². The molecule has 2 fully saturated rings. The summed E-state index contributed by atoms with van der Waals surface area (Å²) in [6, 6.07) is 4.27. The second-order valence-corrected chi connectivity index (χ2v) is 10.6. The van der Waals surface area contributed by atoms with Crippen LogP contribution in [0.1, 0.15) is 67.2 Å². The van der Waals surface area contributed by atoms with Gasteiger partial charge in [0.25, 0.3) is 11.8 Å². The SMILES string of the molecule is CC(C)(C)OC(=O)NCCCCN1CCN(c2ccc3c(c2)C(=O)N(C2CCC(=O)NC2=O)C3=O)CC1. The quantitative estimate of drug-likeness (QED) is 0.415. The van der Waals surface area contributed by atoms with E-state index in [1.807, 2.05) is 26.8 Å². The van der Waals surface area contributed by atoms with Crippen LogP contribution in [0.5, 0.6) is 0 Å². The summed E-state index contributed by atoms with van der Waals surface area (Å²) in [6.07, 6.45) is 1.67. The first-order valence-electron chi connectivity index (χ1n) is 12.8. The fraction of sp³-hybridized carbons (Fsp3) is 0.577. The first-order chi connectivity index (χ1) is 17.5. The zero-order chi connectivity index (χ0) is 26.7. The number of carbonyl (C=O) groups excluding carboxylic acids is 5. The third-order valence-corrected chi connectivity index (χ3v) is 6.73. The molecule has 3 heterocycles. The fourth-order valence-corrected chi connectivity index (χ4v) is 4.85. The summed E-state index contributed by atoms with van der Waals surface area (Å²) >= 11 is 0. The number of nitrogens with zero attached hydrogens (tertiary/aromatic N) is 3. The van der Waals surface area contributed by atoms with E-state index in [0.29, 0.717) is 12.1 Å². The second kappa shape index (κ2) is 10.9. The van der Waals surface area contributed by atoms with Crippen LogP contribution in [0.2, 0.25) is 0 Å². The minimum atomic E-state index is -0.962. The fourth-order valence-electron chi connectivity index (χ4n) is 4.85. The molecule has 0 bridgehead atoms. The Labute approximate surface area is 216 Å². The van der Waals surface area contributed by atoms with Crippen LogP contribution in [0.25, 0.3) is 0 Å². The zero-order valence-electron chi connectivity index (χ0n) is 21.7. The summed E-state index contributed by atoms with van der Waals surface area (Å²) in [6.45, 7) is 10.3. The van der Waals surface area contributed by atoms with Gasteiger partial charge >= 0.3 is 6.09 Å². The molecular weight excluding hydrogens is 478 g/mol. The number of amides is 5. The number of hydrogen-bond acceptors (Lipinski definition) is 8. The standard InChI is InChI=1S/C26H35N5O6/c1-26(2,3)37-25(36)27-10-4-5-11-29-12-14-30(15-13-29)17-6-7-18-19(16-17)24(35)31(23(18)34)20-8-9-21(32)28-22(20)33/h6-7,16,20H,4-5,8-15H2,1-3H3,(H,27,36)(H,28,32,33). The number of nitrogens with one attached hydrogen (secondary N) is 2. The lowest BCUT2D eigenvalue weighted by atomic mass is 10.0. The number of piperazine rings is 1. The molecule has 37 heavy (non-hydrogen) atoms. The monoisotopic (exact) mass is 513 g/mol. The molecule has 3 aliphatic rings. The van der Waals surface area contributed by atoms with Gasteiger partial charge in [-0.15, -0.1) is 0 Å². The van der Waals surface area contributed by atoms with E-state index >= 15 is 0 Å². The molecule has 3 aliphatic heterocycles. The molecule has 1 aromatic carbocycles. The second-order valence-electron chi connectivity index (χ2n) is 10.6. The van der Waals surface area contributed by atoms with Gasteiger partial charge in [-0.25, -0.2) is 4.79 Å². The number of fused-ring (bicyclic) bond motifs is 1. The van der Waals surface area contributed by atoms with Gasteiger partial charge in [-0.05, 0) is 64.8 Å². The number of alkyl carbamates (subject to hydrolysis) is 1. The van der Waals surface area contributed by atoms with Gasteiger partial charge < -0.3 is 15.0 Å². The van der Waals surface area contributed by atoms with Gasteiger partial charge in [0.2, 0.25) is 11.8 Å². The Bertz CT molecular complexity index is 1090. The summed E-state index contributed by atoms with van der Waals surface area (Å²) in [4.78, 5) is 67.0. The predicted molar refractivity (Wildman–Crippen MR) is 135 cm³/mol. The maximum Gasteiger partial charge on any atom is 0.407 e. The average molecular weight is 514 g/mol. The maximum atomic E-state index is 13.1. The number of unbranched alkanes of at least 4 members (excludes halogenated alkanes) is 1. The Morgan fingerprint density at radius 3 is 2.41 bits per heavy atom. The van der Waals surface area contributed by atoms with E-state index in [9.17, 15) is 24.0 Å². The topological polar surface area (TPSA) is 128 Å². The molecule has 0 saturated carbocycles. The van der Waals surface area contributed by atoms with Crippen LogP contribution in [0, 0.1) is 0 Å². The third-order valence-electron chi connectivity index (χ3n) is 6.73. The Morgan fingerprint density at radius 1 is 1.03 bits per heavy atom. The van der Waals surface area contributed by atoms with Crippen molar-refractivity contribution in [2.45, 2.75) is 58.1 Å². The molecule has 1 unspecified atom stereocenters. The highest BCUT2D eigenvalue weighted by atomic mass is 16.6. The summed E-state index contributed by atoms with van der Waals surface area (Å²) < 4.78 is 5.24. The van der Waals surface area contributed by atoms with Gasteiger partial charge in [0.15, 0.2) is 0 Å². The van der Waals surface area contributed by atoms with Crippen molar-refractivity contribution in [1.29, 1.82) is 0 Å². The lowest BCUT2D eigenvalue weighted by Gasteiger charge is -2.36. The highest BCUT2D eigenvalue weighted by Gasteiger charge is 2.44. The number of hydrogen-bond donors (Lipinski definition) is 2. The number of piperidine rings is 1. The van der Waals surface area contributed by atoms with Crippen LogP contribution in [0.3, 0.4) is 0 Å². The molecular formula is C26H35N5O6. The van der Waals surface area contributed by atoms with Crippen LogP contribution >= 0.6 is 0 Å². The number of anilines is 1. The van der Waals surface area contributed by atoms with Crippen molar-refractivity contribution in [1.82, 2.24) is 20.4 Å². The maximum absolute atomic E-state index is 13.1. The van der Waals surface area contributed by atoms with Crippen LogP contribution in [0.4, 0.5) is 10.5 Å². The smallest absolute Gasteiger partial charge is 0.407 e. The number of imide groups is 2. The van der Waals surface area contributed by atoms with E-state index in [1.54, 1.807) is 12.1 Å². The minimum Gasteiger partial charge on any atom is -0.444 e. The lowest BCUT2D eigenvalue weighted by molar-refractivity contribution is -0.136. The molecule has 200 valence electrons. The van der Waals surface area contributed by atoms with Gasteiger partial charge in [0, 0.05) is 44.8 Å². The summed E-state index contributed by atoms with van der Waals surface area (Å²) in [5.41, 5.74) is 0.952. The Morgan fingerprint density at radius 2 is 1.73 bits per heavy atom.